The highest BCUT2D eigenvalue weighted by atomic mass is 32.2. The summed E-state index contributed by atoms with van der Waals surface area (Å²) in [5, 5.41) is 5.66. The minimum atomic E-state index is -0.585. The van der Waals surface area contributed by atoms with E-state index in [-0.39, 0.29) is 12.3 Å². The molecule has 0 saturated carbocycles. The zero-order valence-corrected chi connectivity index (χ0v) is 21.4. The number of esters is 1. The zero-order valence-electron chi connectivity index (χ0n) is 20.6. The van der Waals surface area contributed by atoms with Gasteiger partial charge in [-0.1, -0.05) is 11.8 Å². The third-order valence-electron chi connectivity index (χ3n) is 6.43. The standard InChI is InChI=1S/C25H32N4O5S/c1-16-22(24(31)34-4)23(19-14-18(32-2)7-8-20(19)33-3)29-17(15-35-25(29)27-16)13-21(30)26-9-12-28-10-5-6-11-28/h7-8,14-15,23H,5-6,9-13H2,1-4H3,(H,26,30)/t23-/m1/s1. The fourth-order valence-corrected chi connectivity index (χ4v) is 5.64. The number of carbonyl (C=O) groups excluding carboxylic acids is 2. The topological polar surface area (TPSA) is 92.7 Å². The van der Waals surface area contributed by atoms with E-state index in [9.17, 15) is 9.59 Å². The lowest BCUT2D eigenvalue weighted by molar-refractivity contribution is -0.136. The van der Waals surface area contributed by atoms with Crippen LogP contribution < -0.4 is 14.8 Å². The van der Waals surface area contributed by atoms with E-state index in [1.54, 1.807) is 27.2 Å². The Balaban J connectivity index is 1.62. The molecule has 0 spiro atoms. The number of allylic oxidation sites excluding steroid dienone is 1. The first kappa shape index (κ1) is 25.1. The maximum absolute atomic E-state index is 12.9. The molecule has 35 heavy (non-hydrogen) atoms. The zero-order chi connectivity index (χ0) is 24.9. The number of amidine groups is 1. The number of likely N-dealkylation sites (tertiary alicyclic amines) is 1. The van der Waals surface area contributed by atoms with Crippen LogP contribution >= 0.6 is 11.8 Å². The average Bonchev–Trinajstić information content (AvgIpc) is 3.52. The summed E-state index contributed by atoms with van der Waals surface area (Å²) in [7, 11) is 4.52. The maximum Gasteiger partial charge on any atom is 0.338 e. The Labute approximate surface area is 210 Å². The normalized spacial score (nSPS) is 19.8. The fourth-order valence-electron chi connectivity index (χ4n) is 4.67. The molecule has 0 aliphatic carbocycles. The molecule has 3 aliphatic heterocycles. The molecule has 1 saturated heterocycles. The van der Waals surface area contributed by atoms with E-state index in [1.807, 2.05) is 22.4 Å². The predicted octanol–water partition coefficient (Wildman–Crippen LogP) is 3.05. The van der Waals surface area contributed by atoms with Crippen molar-refractivity contribution >= 4 is 28.8 Å². The summed E-state index contributed by atoms with van der Waals surface area (Å²) in [6, 6.07) is 4.87. The van der Waals surface area contributed by atoms with Gasteiger partial charge in [-0.3, -0.25) is 4.79 Å². The van der Waals surface area contributed by atoms with Crippen LogP contribution in [-0.4, -0.2) is 74.4 Å². The Hall–Kier alpha value is -2.98. The number of thioether (sulfide) groups is 1. The molecule has 1 aromatic rings. The van der Waals surface area contributed by atoms with Gasteiger partial charge in [0.1, 0.15) is 11.5 Å². The van der Waals surface area contributed by atoms with Crippen molar-refractivity contribution in [2.45, 2.75) is 32.2 Å². The Morgan fingerprint density at radius 3 is 2.63 bits per heavy atom. The second-order valence-electron chi connectivity index (χ2n) is 8.57. The van der Waals surface area contributed by atoms with Crippen LogP contribution in [0, 0.1) is 0 Å². The summed E-state index contributed by atoms with van der Waals surface area (Å²) in [6.07, 6.45) is 2.61. The number of carbonyl (C=O) groups is 2. The molecule has 1 N–H and O–H groups in total. The maximum atomic E-state index is 12.9. The van der Waals surface area contributed by atoms with Crippen molar-refractivity contribution in [3.63, 3.8) is 0 Å². The van der Waals surface area contributed by atoms with Gasteiger partial charge in [0.25, 0.3) is 0 Å². The molecular formula is C25H32N4O5S. The fraction of sp³-hybridized carbons (Fsp3) is 0.480. The van der Waals surface area contributed by atoms with Gasteiger partial charge in [0.15, 0.2) is 5.17 Å². The molecule has 0 aromatic heterocycles. The first-order valence-corrected chi connectivity index (χ1v) is 12.6. The minimum absolute atomic E-state index is 0.0699. The van der Waals surface area contributed by atoms with Crippen molar-refractivity contribution in [1.29, 1.82) is 0 Å². The van der Waals surface area contributed by atoms with E-state index in [4.69, 9.17) is 14.2 Å². The number of ether oxygens (including phenoxy) is 3. The van der Waals surface area contributed by atoms with Gasteiger partial charge in [-0.05, 0) is 56.5 Å². The molecule has 4 rings (SSSR count). The van der Waals surface area contributed by atoms with Crippen LogP contribution in [0.5, 0.6) is 11.5 Å². The van der Waals surface area contributed by atoms with Crippen molar-refractivity contribution in [3.8, 4) is 11.5 Å². The lowest BCUT2D eigenvalue weighted by Gasteiger charge is -2.36. The molecule has 3 heterocycles. The second kappa shape index (κ2) is 11.2. The van der Waals surface area contributed by atoms with Gasteiger partial charge in [0.2, 0.25) is 5.91 Å². The van der Waals surface area contributed by atoms with Crippen LogP contribution in [0.15, 0.2) is 45.6 Å². The van der Waals surface area contributed by atoms with Gasteiger partial charge in [0, 0.05) is 24.4 Å². The summed E-state index contributed by atoms with van der Waals surface area (Å²) in [4.78, 5) is 34.8. The number of rotatable bonds is 9. The second-order valence-corrected chi connectivity index (χ2v) is 9.40. The van der Waals surface area contributed by atoms with Crippen molar-refractivity contribution in [2.75, 3.05) is 47.5 Å². The third kappa shape index (κ3) is 5.33. The van der Waals surface area contributed by atoms with E-state index >= 15 is 0 Å². The lowest BCUT2D eigenvalue weighted by atomic mass is 9.93. The van der Waals surface area contributed by atoms with E-state index in [0.717, 1.165) is 30.9 Å². The molecule has 1 fully saturated rings. The molecule has 0 bridgehead atoms. The van der Waals surface area contributed by atoms with Crippen LogP contribution in [-0.2, 0) is 14.3 Å². The van der Waals surface area contributed by atoms with Gasteiger partial charge in [-0.25, -0.2) is 9.79 Å². The largest absolute Gasteiger partial charge is 0.497 e. The molecule has 1 amide bonds. The first-order valence-electron chi connectivity index (χ1n) is 11.7. The SMILES string of the molecule is COC(=O)C1=C(C)N=C2SC=C(CC(=O)NCCN3CCCC3)N2[C@@H]1c1cc(OC)ccc1OC. The van der Waals surface area contributed by atoms with Crippen LogP contribution in [0.25, 0.3) is 0 Å². The number of nitrogens with zero attached hydrogens (tertiary/aromatic N) is 3. The molecule has 0 unspecified atom stereocenters. The van der Waals surface area contributed by atoms with Gasteiger partial charge >= 0.3 is 5.97 Å². The molecule has 10 heteroatoms. The highest BCUT2D eigenvalue weighted by molar-refractivity contribution is 8.16. The minimum Gasteiger partial charge on any atom is -0.497 e. The number of amides is 1. The number of aliphatic imine (C=N–C) groups is 1. The predicted molar refractivity (Wildman–Crippen MR) is 135 cm³/mol. The quantitative estimate of drug-likeness (QED) is 0.518. The summed E-state index contributed by atoms with van der Waals surface area (Å²) in [5.41, 5.74) is 2.44. The van der Waals surface area contributed by atoms with Crippen molar-refractivity contribution in [3.05, 3.63) is 46.1 Å². The van der Waals surface area contributed by atoms with Crippen molar-refractivity contribution in [1.82, 2.24) is 15.1 Å². The molecule has 3 aliphatic rings. The molecule has 0 radical (unpaired) electrons. The van der Waals surface area contributed by atoms with Crippen LogP contribution in [0.3, 0.4) is 0 Å². The number of hydrogen-bond donors (Lipinski definition) is 1. The molecule has 1 aromatic carbocycles. The number of hydrogen-bond acceptors (Lipinski definition) is 9. The highest BCUT2D eigenvalue weighted by Crippen LogP contribution is 2.47. The van der Waals surface area contributed by atoms with Gasteiger partial charge in [-0.15, -0.1) is 0 Å². The molecule has 188 valence electrons. The van der Waals surface area contributed by atoms with Crippen LogP contribution in [0.4, 0.5) is 0 Å². The summed E-state index contributed by atoms with van der Waals surface area (Å²) in [5.74, 6) is 0.673. The van der Waals surface area contributed by atoms with Crippen LogP contribution in [0.1, 0.15) is 37.8 Å². The van der Waals surface area contributed by atoms with Gasteiger partial charge in [0.05, 0.1) is 45.1 Å². The van der Waals surface area contributed by atoms with Gasteiger partial charge < -0.3 is 29.3 Å². The number of benzene rings is 1. The molecule has 1 atom stereocenters. The highest BCUT2D eigenvalue weighted by Gasteiger charge is 2.42. The smallest absolute Gasteiger partial charge is 0.338 e. The van der Waals surface area contributed by atoms with Crippen molar-refractivity contribution < 1.29 is 23.8 Å². The number of fused-ring (bicyclic) bond motifs is 1. The van der Waals surface area contributed by atoms with E-state index in [1.165, 1.54) is 31.7 Å². The van der Waals surface area contributed by atoms with E-state index in [0.29, 0.717) is 34.5 Å². The summed E-state index contributed by atoms with van der Waals surface area (Å²) >= 11 is 1.43. The van der Waals surface area contributed by atoms with E-state index in [2.05, 4.69) is 15.2 Å². The first-order chi connectivity index (χ1) is 17.0. The molecule has 9 nitrogen and oxygen atoms in total. The van der Waals surface area contributed by atoms with Gasteiger partial charge in [-0.2, -0.15) is 0 Å². The molecular weight excluding hydrogens is 468 g/mol. The number of methoxy groups -OCH3 is 3. The Morgan fingerprint density at radius 2 is 1.94 bits per heavy atom. The Kier molecular flexibility index (Phi) is 8.02. The average molecular weight is 501 g/mol. The Morgan fingerprint density at radius 1 is 1.17 bits per heavy atom. The van der Waals surface area contributed by atoms with Crippen molar-refractivity contribution in [2.24, 2.45) is 4.99 Å². The summed E-state index contributed by atoms with van der Waals surface area (Å²) < 4.78 is 16.2. The number of nitrogens with one attached hydrogen (secondary N) is 1. The summed E-state index contributed by atoms with van der Waals surface area (Å²) in [6.45, 7) is 5.45. The third-order valence-corrected chi connectivity index (χ3v) is 7.32. The van der Waals surface area contributed by atoms with Crippen LogP contribution in [0.2, 0.25) is 0 Å². The lowest BCUT2D eigenvalue weighted by Crippen LogP contribution is -2.39. The Bertz CT molecular complexity index is 1080. The monoisotopic (exact) mass is 500 g/mol. The van der Waals surface area contributed by atoms with E-state index < -0.39 is 12.0 Å².